The van der Waals surface area contributed by atoms with Gasteiger partial charge in [0.2, 0.25) is 0 Å². The third-order valence-corrected chi connectivity index (χ3v) is 6.65. The number of hydrogen-bond donors (Lipinski definition) is 1. The molecule has 0 radical (unpaired) electrons. The first kappa shape index (κ1) is 27.3. The molecule has 6 heteroatoms. The van der Waals surface area contributed by atoms with Crippen molar-refractivity contribution in [3.8, 4) is 0 Å². The highest BCUT2D eigenvalue weighted by Crippen LogP contribution is 2.53. The standard InChI is InChI=1S/C22H44O5P/c1-11-17(2)18(24)26-15-22(7,13-23)19(25)27-14-20(3,4)12-21(5,6)16-28(8,9)10/h17,23H,11-16H2,1-10H3/q+1. The summed E-state index contributed by atoms with van der Waals surface area (Å²) in [5.74, 6) is -1.12. The highest BCUT2D eigenvalue weighted by atomic mass is 31.2. The van der Waals surface area contributed by atoms with E-state index in [2.05, 4.69) is 47.7 Å². The van der Waals surface area contributed by atoms with E-state index in [1.165, 1.54) is 6.16 Å². The third-order valence-electron chi connectivity index (χ3n) is 4.84. The van der Waals surface area contributed by atoms with E-state index in [0.29, 0.717) is 6.42 Å². The number of ether oxygens (including phenoxy) is 2. The van der Waals surface area contributed by atoms with E-state index >= 15 is 0 Å². The van der Waals surface area contributed by atoms with Crippen LogP contribution < -0.4 is 0 Å². The van der Waals surface area contributed by atoms with Gasteiger partial charge in [-0.1, -0.05) is 41.5 Å². The summed E-state index contributed by atoms with van der Waals surface area (Å²) in [4.78, 5) is 24.5. The maximum absolute atomic E-state index is 12.6. The van der Waals surface area contributed by atoms with Crippen LogP contribution in [0.1, 0.15) is 61.3 Å². The van der Waals surface area contributed by atoms with E-state index < -0.39 is 25.3 Å². The van der Waals surface area contributed by atoms with Crippen LogP contribution in [0.2, 0.25) is 0 Å². The molecular formula is C22H44O5P+. The molecule has 5 nitrogen and oxygen atoms in total. The van der Waals surface area contributed by atoms with Gasteiger partial charge < -0.3 is 14.6 Å². The zero-order valence-electron chi connectivity index (χ0n) is 19.8. The normalized spacial score (nSPS) is 16.2. The number of carbonyl (C=O) groups is 2. The summed E-state index contributed by atoms with van der Waals surface area (Å²) in [6.07, 6.45) is 2.78. The zero-order chi connectivity index (χ0) is 22.4. The molecule has 0 heterocycles. The van der Waals surface area contributed by atoms with Crippen LogP contribution in [0, 0.1) is 22.2 Å². The quantitative estimate of drug-likeness (QED) is 0.373. The predicted molar refractivity (Wildman–Crippen MR) is 118 cm³/mol. The van der Waals surface area contributed by atoms with E-state index in [0.717, 1.165) is 6.42 Å². The molecule has 0 aliphatic rings. The lowest BCUT2D eigenvalue weighted by Crippen LogP contribution is -2.41. The highest BCUT2D eigenvalue weighted by molar-refractivity contribution is 7.73. The van der Waals surface area contributed by atoms with E-state index in [1.807, 2.05) is 6.92 Å². The molecule has 0 fully saturated rings. The number of hydrogen-bond acceptors (Lipinski definition) is 5. The van der Waals surface area contributed by atoms with Crippen LogP contribution in [-0.4, -0.2) is 63.0 Å². The lowest BCUT2D eigenvalue weighted by molar-refractivity contribution is -0.169. The van der Waals surface area contributed by atoms with Crippen LogP contribution in [-0.2, 0) is 19.1 Å². The molecule has 0 saturated carbocycles. The van der Waals surface area contributed by atoms with Crippen molar-refractivity contribution in [1.82, 2.24) is 0 Å². The lowest BCUT2D eigenvalue weighted by Gasteiger charge is -2.36. The van der Waals surface area contributed by atoms with Crippen LogP contribution in [0.4, 0.5) is 0 Å². The summed E-state index contributed by atoms with van der Waals surface area (Å²) in [5.41, 5.74) is -1.27. The smallest absolute Gasteiger partial charge is 0.317 e. The second-order valence-corrected chi connectivity index (χ2v) is 16.1. The monoisotopic (exact) mass is 419 g/mol. The van der Waals surface area contributed by atoms with Crippen molar-refractivity contribution in [3.63, 3.8) is 0 Å². The second-order valence-electron chi connectivity index (χ2n) is 11.2. The highest BCUT2D eigenvalue weighted by Gasteiger charge is 2.39. The first-order valence-corrected chi connectivity index (χ1v) is 13.5. The second kappa shape index (κ2) is 10.4. The van der Waals surface area contributed by atoms with Crippen molar-refractivity contribution in [2.45, 2.75) is 61.3 Å². The molecule has 0 aromatic rings. The molecule has 0 spiro atoms. The van der Waals surface area contributed by atoms with Crippen molar-refractivity contribution < 1.29 is 24.2 Å². The fraction of sp³-hybridized carbons (Fsp3) is 0.909. The van der Waals surface area contributed by atoms with Gasteiger partial charge in [0.05, 0.1) is 25.3 Å². The largest absolute Gasteiger partial charge is 0.465 e. The van der Waals surface area contributed by atoms with E-state index in [-0.39, 0.29) is 35.9 Å². The fourth-order valence-electron chi connectivity index (χ4n) is 3.83. The maximum Gasteiger partial charge on any atom is 0.317 e. The summed E-state index contributed by atoms with van der Waals surface area (Å²) in [6.45, 7) is 20.7. The first-order valence-electron chi connectivity index (χ1n) is 10.2. The van der Waals surface area contributed by atoms with Gasteiger partial charge in [0.1, 0.15) is 12.0 Å². The molecule has 28 heavy (non-hydrogen) atoms. The van der Waals surface area contributed by atoms with Gasteiger partial charge in [-0.25, -0.2) is 0 Å². The fourth-order valence-corrected chi connectivity index (χ4v) is 6.51. The molecular weight excluding hydrogens is 375 g/mol. The molecule has 2 unspecified atom stereocenters. The van der Waals surface area contributed by atoms with Crippen molar-refractivity contribution in [1.29, 1.82) is 0 Å². The predicted octanol–water partition coefficient (Wildman–Crippen LogP) is 4.47. The molecule has 0 bridgehead atoms. The Morgan fingerprint density at radius 3 is 1.93 bits per heavy atom. The molecule has 1 N–H and O–H groups in total. The van der Waals surface area contributed by atoms with E-state index in [1.54, 1.807) is 13.8 Å². The van der Waals surface area contributed by atoms with Gasteiger partial charge >= 0.3 is 11.9 Å². The SMILES string of the molecule is CCC(C)C(=O)OCC(C)(CO)C(=O)OCC(C)(C)CC(C)(C)C[P+](C)(C)C. The maximum atomic E-state index is 12.6. The number of esters is 2. The Morgan fingerprint density at radius 1 is 0.964 bits per heavy atom. The van der Waals surface area contributed by atoms with Gasteiger partial charge in [-0.2, -0.15) is 0 Å². The van der Waals surface area contributed by atoms with Crippen molar-refractivity contribution in [3.05, 3.63) is 0 Å². The van der Waals surface area contributed by atoms with Crippen LogP contribution >= 0.6 is 7.26 Å². The molecule has 0 rings (SSSR count). The van der Waals surface area contributed by atoms with Crippen molar-refractivity contribution in [2.24, 2.45) is 22.2 Å². The molecule has 0 saturated heterocycles. The minimum Gasteiger partial charge on any atom is -0.465 e. The van der Waals surface area contributed by atoms with Gasteiger partial charge in [0.25, 0.3) is 0 Å². The molecule has 166 valence electrons. The van der Waals surface area contributed by atoms with Crippen molar-refractivity contribution in [2.75, 3.05) is 46.0 Å². The molecule has 0 aromatic heterocycles. The van der Waals surface area contributed by atoms with Crippen LogP contribution in [0.5, 0.6) is 0 Å². The lowest BCUT2D eigenvalue weighted by atomic mass is 9.76. The molecule has 0 aliphatic carbocycles. The average molecular weight is 420 g/mol. The number of carbonyl (C=O) groups excluding carboxylic acids is 2. The summed E-state index contributed by atoms with van der Waals surface area (Å²) in [5, 5.41) is 9.72. The third kappa shape index (κ3) is 10.2. The molecule has 0 amide bonds. The van der Waals surface area contributed by atoms with Crippen molar-refractivity contribution >= 4 is 19.2 Å². The Balaban J connectivity index is 4.86. The number of aliphatic hydroxyl groups excluding tert-OH is 1. The number of rotatable bonds is 12. The minimum absolute atomic E-state index is 0.161. The Kier molecular flexibility index (Phi) is 10.1. The zero-order valence-corrected chi connectivity index (χ0v) is 20.7. The summed E-state index contributed by atoms with van der Waals surface area (Å²) >= 11 is 0. The van der Waals surface area contributed by atoms with E-state index in [4.69, 9.17) is 9.47 Å². The minimum atomic E-state index is -1.24. The first-order chi connectivity index (χ1) is 12.5. The molecule has 2 atom stereocenters. The topological polar surface area (TPSA) is 72.8 Å². The molecule has 0 aliphatic heterocycles. The Bertz CT molecular complexity index is 522. The van der Waals surface area contributed by atoms with Gasteiger partial charge in [0, 0.05) is 27.3 Å². The number of aliphatic hydroxyl groups is 1. The Labute approximate surface area is 173 Å². The Hall–Kier alpha value is -0.670. The summed E-state index contributed by atoms with van der Waals surface area (Å²) in [7, 11) is -0.912. The molecule has 0 aromatic carbocycles. The van der Waals surface area contributed by atoms with Crippen LogP contribution in [0.25, 0.3) is 0 Å². The van der Waals surface area contributed by atoms with Gasteiger partial charge in [-0.3, -0.25) is 9.59 Å². The van der Waals surface area contributed by atoms with E-state index in [9.17, 15) is 14.7 Å². The van der Waals surface area contributed by atoms with Crippen LogP contribution in [0.3, 0.4) is 0 Å². The summed E-state index contributed by atoms with van der Waals surface area (Å²) < 4.78 is 10.8. The van der Waals surface area contributed by atoms with Crippen LogP contribution in [0.15, 0.2) is 0 Å². The van der Waals surface area contributed by atoms with Gasteiger partial charge in [-0.15, -0.1) is 0 Å². The van der Waals surface area contributed by atoms with Gasteiger partial charge in [0.15, 0.2) is 0 Å². The summed E-state index contributed by atoms with van der Waals surface area (Å²) in [6, 6.07) is 0. The Morgan fingerprint density at radius 2 is 1.50 bits per heavy atom. The average Bonchev–Trinajstić information content (AvgIpc) is 2.52. The van der Waals surface area contributed by atoms with Gasteiger partial charge in [-0.05, 0) is 30.6 Å².